The fourth-order valence-electron chi connectivity index (χ4n) is 1.37. The number of anilines is 1. The van der Waals surface area contributed by atoms with Crippen LogP contribution in [0.5, 0.6) is 0 Å². The van der Waals surface area contributed by atoms with Crippen LogP contribution in [0.25, 0.3) is 11.3 Å². The molecule has 0 saturated carbocycles. The molecule has 0 aliphatic rings. The summed E-state index contributed by atoms with van der Waals surface area (Å²) in [6.45, 7) is 3.69. The van der Waals surface area contributed by atoms with Crippen LogP contribution in [-0.2, 0) is 4.79 Å². The van der Waals surface area contributed by atoms with Gasteiger partial charge in [0.25, 0.3) is 0 Å². The number of halogens is 1. The molecule has 0 bridgehead atoms. The molecule has 0 unspecified atom stereocenters. The van der Waals surface area contributed by atoms with Gasteiger partial charge in [0.05, 0.1) is 5.69 Å². The van der Waals surface area contributed by atoms with Gasteiger partial charge in [-0.05, 0) is 6.07 Å². The van der Waals surface area contributed by atoms with Crippen LogP contribution in [-0.4, -0.2) is 10.9 Å². The van der Waals surface area contributed by atoms with Gasteiger partial charge in [-0.1, -0.05) is 43.6 Å². The number of thiazole rings is 1. The molecule has 1 N–H and O–H groups in total. The molecular formula is C13H13ClN2OS. The summed E-state index contributed by atoms with van der Waals surface area (Å²) in [5.41, 5.74) is 1.66. The second kappa shape index (κ2) is 5.50. The number of rotatable bonds is 3. The first-order valence-electron chi connectivity index (χ1n) is 5.59. The summed E-state index contributed by atoms with van der Waals surface area (Å²) in [5.74, 6) is -0.0901. The standard InChI is InChI=1S/C13H13ClN2OS/c1-8(2)12(17)16-13-15-11(7-18-13)9-5-3-4-6-10(9)14/h3-8H,1-2H3,(H,15,16,17). The summed E-state index contributed by atoms with van der Waals surface area (Å²) in [4.78, 5) is 15.9. The minimum atomic E-state index is -0.0577. The van der Waals surface area contributed by atoms with Gasteiger partial charge in [0.1, 0.15) is 0 Å². The van der Waals surface area contributed by atoms with Crippen molar-refractivity contribution in [2.45, 2.75) is 13.8 Å². The highest BCUT2D eigenvalue weighted by Gasteiger charge is 2.11. The molecule has 2 aromatic rings. The van der Waals surface area contributed by atoms with Gasteiger partial charge in [-0.2, -0.15) is 0 Å². The van der Waals surface area contributed by atoms with Crippen LogP contribution in [0.4, 0.5) is 5.13 Å². The van der Waals surface area contributed by atoms with Crippen molar-refractivity contribution in [2.24, 2.45) is 5.92 Å². The SMILES string of the molecule is CC(C)C(=O)Nc1nc(-c2ccccc2Cl)cs1. The Kier molecular flexibility index (Phi) is 3.99. The summed E-state index contributed by atoms with van der Waals surface area (Å²) in [5, 5.41) is 5.92. The molecule has 0 saturated heterocycles. The molecule has 5 heteroatoms. The predicted molar refractivity (Wildman–Crippen MR) is 76.0 cm³/mol. The van der Waals surface area contributed by atoms with Crippen molar-refractivity contribution in [3.05, 3.63) is 34.7 Å². The number of carbonyl (C=O) groups excluding carboxylic acids is 1. The molecule has 18 heavy (non-hydrogen) atoms. The van der Waals surface area contributed by atoms with E-state index >= 15 is 0 Å². The molecular weight excluding hydrogens is 268 g/mol. The lowest BCUT2D eigenvalue weighted by molar-refractivity contribution is -0.118. The van der Waals surface area contributed by atoms with Crippen molar-refractivity contribution < 1.29 is 4.79 Å². The van der Waals surface area contributed by atoms with Crippen LogP contribution >= 0.6 is 22.9 Å². The van der Waals surface area contributed by atoms with Gasteiger partial charge in [0, 0.05) is 21.9 Å². The van der Waals surface area contributed by atoms with E-state index in [9.17, 15) is 4.79 Å². The van der Waals surface area contributed by atoms with E-state index in [1.807, 2.05) is 43.5 Å². The van der Waals surface area contributed by atoms with Crippen LogP contribution in [0.15, 0.2) is 29.6 Å². The highest BCUT2D eigenvalue weighted by atomic mass is 35.5. The van der Waals surface area contributed by atoms with Gasteiger partial charge in [-0.3, -0.25) is 4.79 Å². The molecule has 2 rings (SSSR count). The summed E-state index contributed by atoms with van der Waals surface area (Å²) in [6, 6.07) is 7.51. The molecule has 0 aliphatic heterocycles. The number of amides is 1. The molecule has 1 aromatic heterocycles. The number of benzene rings is 1. The van der Waals surface area contributed by atoms with Gasteiger partial charge in [-0.25, -0.2) is 4.98 Å². The van der Waals surface area contributed by atoms with Crippen molar-refractivity contribution in [3.63, 3.8) is 0 Å². The lowest BCUT2D eigenvalue weighted by Gasteiger charge is -2.03. The normalized spacial score (nSPS) is 10.7. The summed E-state index contributed by atoms with van der Waals surface area (Å²) in [7, 11) is 0. The van der Waals surface area contributed by atoms with E-state index in [2.05, 4.69) is 10.3 Å². The van der Waals surface area contributed by atoms with E-state index in [0.29, 0.717) is 10.2 Å². The van der Waals surface area contributed by atoms with Crippen LogP contribution in [0, 0.1) is 5.92 Å². The summed E-state index contributed by atoms with van der Waals surface area (Å²) >= 11 is 7.50. The number of nitrogens with one attached hydrogen (secondary N) is 1. The van der Waals surface area contributed by atoms with E-state index in [0.717, 1.165) is 11.3 Å². The van der Waals surface area contributed by atoms with Gasteiger partial charge >= 0.3 is 0 Å². The van der Waals surface area contributed by atoms with Crippen molar-refractivity contribution in [1.82, 2.24) is 4.98 Å². The maximum atomic E-state index is 11.6. The fraction of sp³-hybridized carbons (Fsp3) is 0.231. The lowest BCUT2D eigenvalue weighted by Crippen LogP contribution is -2.17. The molecule has 0 spiro atoms. The molecule has 0 atom stereocenters. The van der Waals surface area contributed by atoms with Crippen molar-refractivity contribution >= 4 is 34.0 Å². The minimum Gasteiger partial charge on any atom is -0.302 e. The Hall–Kier alpha value is -1.39. The zero-order valence-corrected chi connectivity index (χ0v) is 11.7. The van der Waals surface area contributed by atoms with Gasteiger partial charge in [-0.15, -0.1) is 11.3 Å². The Balaban J connectivity index is 2.21. The Bertz CT molecular complexity index is 566. The lowest BCUT2D eigenvalue weighted by atomic mass is 10.2. The van der Waals surface area contributed by atoms with Crippen LogP contribution in [0.2, 0.25) is 5.02 Å². The molecule has 0 aliphatic carbocycles. The van der Waals surface area contributed by atoms with Gasteiger partial charge in [0.15, 0.2) is 5.13 Å². The Morgan fingerprint density at radius 3 is 2.78 bits per heavy atom. The molecule has 3 nitrogen and oxygen atoms in total. The number of hydrogen-bond donors (Lipinski definition) is 1. The third-order valence-electron chi connectivity index (χ3n) is 2.41. The molecule has 0 fully saturated rings. The molecule has 1 heterocycles. The van der Waals surface area contributed by atoms with E-state index in [1.165, 1.54) is 11.3 Å². The van der Waals surface area contributed by atoms with Crippen molar-refractivity contribution in [2.75, 3.05) is 5.32 Å². The summed E-state index contributed by atoms with van der Waals surface area (Å²) in [6.07, 6.45) is 0. The Morgan fingerprint density at radius 2 is 2.11 bits per heavy atom. The van der Waals surface area contributed by atoms with Crippen LogP contribution in [0.3, 0.4) is 0 Å². The molecule has 0 radical (unpaired) electrons. The number of nitrogens with zero attached hydrogens (tertiary/aromatic N) is 1. The van der Waals surface area contributed by atoms with Gasteiger partial charge in [0.2, 0.25) is 5.91 Å². The maximum absolute atomic E-state index is 11.6. The van der Waals surface area contributed by atoms with Crippen LogP contribution in [0.1, 0.15) is 13.8 Å². The van der Waals surface area contributed by atoms with E-state index in [1.54, 1.807) is 0 Å². The average Bonchev–Trinajstić information content (AvgIpc) is 2.77. The maximum Gasteiger partial charge on any atom is 0.228 e. The first-order valence-corrected chi connectivity index (χ1v) is 6.85. The third-order valence-corrected chi connectivity index (χ3v) is 3.50. The molecule has 94 valence electrons. The summed E-state index contributed by atoms with van der Waals surface area (Å²) < 4.78 is 0. The number of carbonyl (C=O) groups is 1. The zero-order chi connectivity index (χ0) is 13.1. The first-order chi connectivity index (χ1) is 8.58. The number of aromatic nitrogens is 1. The fourth-order valence-corrected chi connectivity index (χ4v) is 2.32. The first kappa shape index (κ1) is 13.1. The Morgan fingerprint density at radius 1 is 1.39 bits per heavy atom. The second-order valence-corrected chi connectivity index (χ2v) is 5.43. The Labute approximate surface area is 115 Å². The number of hydrogen-bond acceptors (Lipinski definition) is 3. The topological polar surface area (TPSA) is 42.0 Å². The zero-order valence-electron chi connectivity index (χ0n) is 10.1. The van der Waals surface area contributed by atoms with Crippen molar-refractivity contribution in [1.29, 1.82) is 0 Å². The van der Waals surface area contributed by atoms with Gasteiger partial charge < -0.3 is 5.32 Å². The smallest absolute Gasteiger partial charge is 0.228 e. The molecule has 1 aromatic carbocycles. The minimum absolute atomic E-state index is 0.0324. The predicted octanol–water partition coefficient (Wildman–Crippen LogP) is 4.06. The van der Waals surface area contributed by atoms with E-state index < -0.39 is 0 Å². The monoisotopic (exact) mass is 280 g/mol. The molecule has 1 amide bonds. The van der Waals surface area contributed by atoms with Crippen LogP contribution < -0.4 is 5.32 Å². The largest absolute Gasteiger partial charge is 0.302 e. The van der Waals surface area contributed by atoms with E-state index in [-0.39, 0.29) is 11.8 Å². The third kappa shape index (κ3) is 2.89. The second-order valence-electron chi connectivity index (χ2n) is 4.16. The average molecular weight is 281 g/mol. The van der Waals surface area contributed by atoms with Crippen molar-refractivity contribution in [3.8, 4) is 11.3 Å². The highest BCUT2D eigenvalue weighted by Crippen LogP contribution is 2.30. The quantitative estimate of drug-likeness (QED) is 0.921. The highest BCUT2D eigenvalue weighted by molar-refractivity contribution is 7.14. The van der Waals surface area contributed by atoms with E-state index in [4.69, 9.17) is 11.6 Å².